The fourth-order valence-electron chi connectivity index (χ4n) is 1.80. The highest BCUT2D eigenvalue weighted by atomic mass is 19.1. The van der Waals surface area contributed by atoms with Crippen molar-refractivity contribution in [1.82, 2.24) is 4.90 Å². The Hall–Kier alpha value is -0.930. The van der Waals surface area contributed by atoms with Crippen molar-refractivity contribution in [2.24, 2.45) is 0 Å². The molecule has 1 atom stereocenters. The Balaban J connectivity index is 2.20. The van der Waals surface area contributed by atoms with Gasteiger partial charge in [-0.25, -0.2) is 4.39 Å². The average molecular weight is 239 g/mol. The summed E-state index contributed by atoms with van der Waals surface area (Å²) in [5.74, 6) is -0.187. The first kappa shape index (κ1) is 14.1. The quantitative estimate of drug-likeness (QED) is 0.740. The summed E-state index contributed by atoms with van der Waals surface area (Å²) < 4.78 is 12.7. The molecule has 1 rings (SSSR count). The monoisotopic (exact) mass is 239 g/mol. The lowest BCUT2D eigenvalue weighted by Crippen LogP contribution is -2.19. The maximum Gasteiger partial charge on any atom is 0.123 e. The minimum atomic E-state index is -0.197. The summed E-state index contributed by atoms with van der Waals surface area (Å²) in [4.78, 5) is 2.22. The Bertz CT molecular complexity index is 311. The van der Waals surface area contributed by atoms with Crippen molar-refractivity contribution in [2.75, 3.05) is 13.6 Å². The van der Waals surface area contributed by atoms with E-state index >= 15 is 0 Å². The normalized spacial score (nSPS) is 13.0. The van der Waals surface area contributed by atoms with E-state index < -0.39 is 0 Å². The minimum Gasteiger partial charge on any atom is -0.393 e. The van der Waals surface area contributed by atoms with Gasteiger partial charge in [0.15, 0.2) is 0 Å². The fourth-order valence-corrected chi connectivity index (χ4v) is 1.80. The van der Waals surface area contributed by atoms with Crippen LogP contribution in [0.25, 0.3) is 0 Å². The van der Waals surface area contributed by atoms with Crippen molar-refractivity contribution in [1.29, 1.82) is 0 Å². The molecule has 0 aliphatic rings. The molecule has 0 saturated carbocycles. The van der Waals surface area contributed by atoms with Crippen LogP contribution in [-0.4, -0.2) is 29.7 Å². The molecule has 0 fully saturated rings. The van der Waals surface area contributed by atoms with Gasteiger partial charge in [0.05, 0.1) is 6.10 Å². The Morgan fingerprint density at radius 3 is 2.47 bits per heavy atom. The van der Waals surface area contributed by atoms with E-state index in [1.165, 1.54) is 12.1 Å². The highest BCUT2D eigenvalue weighted by Gasteiger charge is 2.01. The Kier molecular flexibility index (Phi) is 6.16. The molecule has 0 aliphatic heterocycles. The number of benzene rings is 1. The van der Waals surface area contributed by atoms with Gasteiger partial charge in [-0.1, -0.05) is 12.1 Å². The van der Waals surface area contributed by atoms with Gasteiger partial charge >= 0.3 is 0 Å². The molecule has 1 unspecified atom stereocenters. The molecule has 1 aromatic carbocycles. The number of hydrogen-bond acceptors (Lipinski definition) is 2. The predicted octanol–water partition coefficient (Wildman–Crippen LogP) is 2.81. The molecule has 0 aliphatic carbocycles. The van der Waals surface area contributed by atoms with E-state index in [1.54, 1.807) is 0 Å². The Labute approximate surface area is 103 Å². The molecule has 0 radical (unpaired) electrons. The summed E-state index contributed by atoms with van der Waals surface area (Å²) >= 11 is 0. The van der Waals surface area contributed by atoms with E-state index in [1.807, 2.05) is 19.1 Å². The first-order chi connectivity index (χ1) is 8.08. The molecule has 17 heavy (non-hydrogen) atoms. The molecule has 0 heterocycles. The molecular formula is C14H22FNO. The van der Waals surface area contributed by atoms with Crippen LogP contribution in [0, 0.1) is 5.82 Å². The molecule has 0 saturated heterocycles. The van der Waals surface area contributed by atoms with E-state index in [2.05, 4.69) is 11.9 Å². The van der Waals surface area contributed by atoms with Gasteiger partial charge in [0.2, 0.25) is 0 Å². The number of rotatable bonds is 7. The first-order valence-electron chi connectivity index (χ1n) is 6.19. The third kappa shape index (κ3) is 6.39. The summed E-state index contributed by atoms with van der Waals surface area (Å²) in [6.45, 7) is 3.67. The van der Waals surface area contributed by atoms with Crippen molar-refractivity contribution in [3.63, 3.8) is 0 Å². The Morgan fingerprint density at radius 2 is 1.88 bits per heavy atom. The van der Waals surface area contributed by atoms with Crippen molar-refractivity contribution >= 4 is 0 Å². The van der Waals surface area contributed by atoms with Crippen molar-refractivity contribution in [3.8, 4) is 0 Å². The van der Waals surface area contributed by atoms with Crippen LogP contribution >= 0.6 is 0 Å². The van der Waals surface area contributed by atoms with Gasteiger partial charge in [0.25, 0.3) is 0 Å². The zero-order chi connectivity index (χ0) is 12.7. The van der Waals surface area contributed by atoms with Gasteiger partial charge in [-0.3, -0.25) is 0 Å². The van der Waals surface area contributed by atoms with Gasteiger partial charge in [0.1, 0.15) is 5.82 Å². The van der Waals surface area contributed by atoms with E-state index in [-0.39, 0.29) is 11.9 Å². The van der Waals surface area contributed by atoms with Crippen LogP contribution in [0.2, 0.25) is 0 Å². The number of halogens is 1. The van der Waals surface area contributed by atoms with E-state index in [4.69, 9.17) is 5.11 Å². The van der Waals surface area contributed by atoms with Crippen LogP contribution in [0.5, 0.6) is 0 Å². The van der Waals surface area contributed by atoms with Crippen LogP contribution < -0.4 is 0 Å². The molecule has 2 nitrogen and oxygen atoms in total. The molecule has 1 N–H and O–H groups in total. The average Bonchev–Trinajstić information content (AvgIpc) is 2.27. The number of unbranched alkanes of at least 4 members (excludes halogenated alkanes) is 1. The lowest BCUT2D eigenvalue weighted by atomic mass is 10.1. The van der Waals surface area contributed by atoms with Gasteiger partial charge < -0.3 is 10.0 Å². The van der Waals surface area contributed by atoms with Crippen LogP contribution in [0.1, 0.15) is 31.7 Å². The van der Waals surface area contributed by atoms with E-state index in [0.717, 1.165) is 37.9 Å². The molecule has 0 amide bonds. The highest BCUT2D eigenvalue weighted by Crippen LogP contribution is 2.07. The van der Waals surface area contributed by atoms with Gasteiger partial charge in [-0.2, -0.15) is 0 Å². The topological polar surface area (TPSA) is 23.5 Å². The number of hydrogen-bond donors (Lipinski definition) is 1. The lowest BCUT2D eigenvalue weighted by molar-refractivity contribution is 0.178. The first-order valence-corrected chi connectivity index (χ1v) is 6.19. The summed E-state index contributed by atoms with van der Waals surface area (Å²) in [6, 6.07) is 6.64. The third-order valence-electron chi connectivity index (χ3n) is 2.78. The van der Waals surface area contributed by atoms with Crippen molar-refractivity contribution < 1.29 is 9.50 Å². The standard InChI is InChI=1S/C14H22FNO/c1-12(17)5-3-4-10-16(2)11-13-6-8-14(15)9-7-13/h6-9,12,17H,3-5,10-11H2,1-2H3. The largest absolute Gasteiger partial charge is 0.393 e. The van der Waals surface area contributed by atoms with E-state index in [9.17, 15) is 4.39 Å². The van der Waals surface area contributed by atoms with Crippen LogP contribution in [-0.2, 0) is 6.54 Å². The minimum absolute atomic E-state index is 0.187. The second kappa shape index (κ2) is 7.41. The third-order valence-corrected chi connectivity index (χ3v) is 2.78. The molecule has 0 spiro atoms. The lowest BCUT2D eigenvalue weighted by Gasteiger charge is -2.16. The van der Waals surface area contributed by atoms with Gasteiger partial charge in [-0.05, 0) is 57.5 Å². The molecule has 1 aromatic rings. The SMILES string of the molecule is CC(O)CCCCN(C)Cc1ccc(F)cc1. The van der Waals surface area contributed by atoms with Crippen LogP contribution in [0.4, 0.5) is 4.39 Å². The Morgan fingerprint density at radius 1 is 1.24 bits per heavy atom. The molecule has 96 valence electrons. The molecule has 0 bridgehead atoms. The molecule has 3 heteroatoms. The predicted molar refractivity (Wildman–Crippen MR) is 68.3 cm³/mol. The summed E-state index contributed by atoms with van der Waals surface area (Å²) in [5, 5.41) is 9.13. The number of aliphatic hydroxyl groups excluding tert-OH is 1. The zero-order valence-electron chi connectivity index (χ0n) is 10.7. The van der Waals surface area contributed by atoms with Crippen molar-refractivity contribution in [2.45, 2.75) is 38.8 Å². The maximum absolute atomic E-state index is 12.7. The number of aliphatic hydroxyl groups is 1. The van der Waals surface area contributed by atoms with Crippen LogP contribution in [0.3, 0.4) is 0 Å². The summed E-state index contributed by atoms with van der Waals surface area (Å²) in [5.41, 5.74) is 1.13. The summed E-state index contributed by atoms with van der Waals surface area (Å²) in [6.07, 6.45) is 2.80. The second-order valence-corrected chi connectivity index (χ2v) is 4.71. The van der Waals surface area contributed by atoms with E-state index in [0.29, 0.717) is 0 Å². The van der Waals surface area contributed by atoms with Gasteiger partial charge in [0, 0.05) is 6.54 Å². The smallest absolute Gasteiger partial charge is 0.123 e. The molecular weight excluding hydrogens is 217 g/mol. The fraction of sp³-hybridized carbons (Fsp3) is 0.571. The number of nitrogens with zero attached hydrogens (tertiary/aromatic N) is 1. The van der Waals surface area contributed by atoms with Crippen LogP contribution in [0.15, 0.2) is 24.3 Å². The maximum atomic E-state index is 12.7. The zero-order valence-corrected chi connectivity index (χ0v) is 10.7. The molecule has 0 aromatic heterocycles. The van der Waals surface area contributed by atoms with Crippen molar-refractivity contribution in [3.05, 3.63) is 35.6 Å². The highest BCUT2D eigenvalue weighted by molar-refractivity contribution is 5.15. The van der Waals surface area contributed by atoms with Gasteiger partial charge in [-0.15, -0.1) is 0 Å². The second-order valence-electron chi connectivity index (χ2n) is 4.71. The summed E-state index contributed by atoms with van der Waals surface area (Å²) in [7, 11) is 2.06.